The summed E-state index contributed by atoms with van der Waals surface area (Å²) in [5.41, 5.74) is 4.17. The zero-order valence-electron chi connectivity index (χ0n) is 20.8. The maximum atomic E-state index is 14.4. The van der Waals surface area contributed by atoms with Crippen LogP contribution in [0.5, 0.6) is 5.75 Å². The van der Waals surface area contributed by atoms with Crippen molar-refractivity contribution in [1.82, 2.24) is 15.2 Å². The smallest absolute Gasteiger partial charge is 0.255 e. The Kier molecular flexibility index (Phi) is 6.60. The molecule has 0 saturated carbocycles. The number of amides is 1. The molecule has 2 heterocycles. The summed E-state index contributed by atoms with van der Waals surface area (Å²) in [6.07, 6.45) is 3.70. The molecule has 6 nitrogen and oxygen atoms in total. The topological polar surface area (TPSA) is 89.2 Å². The van der Waals surface area contributed by atoms with Crippen LogP contribution in [0.1, 0.15) is 34.3 Å². The quantitative estimate of drug-likeness (QED) is 0.387. The summed E-state index contributed by atoms with van der Waals surface area (Å²) in [7, 11) is 1.78. The number of carbonyl (C=O) groups excluding carboxylic acids is 1. The average Bonchev–Trinajstić information content (AvgIpc) is 3.40. The number of carbonyl (C=O) groups is 1. The SMILES string of the molecule is Cc1cc(F)cc(-c2cnc3ccc(-c4cccc(C#N)c4O)cc3c2C(=O)N(C)C[C@@H]2CCCN2)c1. The third kappa shape index (κ3) is 4.76. The lowest BCUT2D eigenvalue weighted by Crippen LogP contribution is -2.38. The van der Waals surface area contributed by atoms with Crippen molar-refractivity contribution < 1.29 is 14.3 Å². The lowest BCUT2D eigenvalue weighted by atomic mass is 9.93. The predicted octanol–water partition coefficient (Wildman–Crippen LogP) is 5.42. The van der Waals surface area contributed by atoms with Crippen LogP contribution in [0.2, 0.25) is 0 Å². The van der Waals surface area contributed by atoms with Gasteiger partial charge in [0, 0.05) is 42.3 Å². The van der Waals surface area contributed by atoms with Crippen molar-refractivity contribution in [3.05, 3.63) is 83.3 Å². The Morgan fingerprint density at radius 1 is 1.19 bits per heavy atom. The van der Waals surface area contributed by atoms with Gasteiger partial charge in [-0.25, -0.2) is 4.39 Å². The van der Waals surface area contributed by atoms with Gasteiger partial charge < -0.3 is 15.3 Å². The molecule has 7 heteroatoms. The van der Waals surface area contributed by atoms with Gasteiger partial charge in [0.25, 0.3) is 5.91 Å². The highest BCUT2D eigenvalue weighted by Crippen LogP contribution is 2.37. The van der Waals surface area contributed by atoms with Crippen molar-refractivity contribution in [3.63, 3.8) is 0 Å². The van der Waals surface area contributed by atoms with E-state index in [9.17, 15) is 19.6 Å². The minimum absolute atomic E-state index is 0.119. The number of para-hydroxylation sites is 1. The number of fused-ring (bicyclic) bond motifs is 1. The second-order valence-electron chi connectivity index (χ2n) is 9.59. The Labute approximate surface area is 215 Å². The number of nitriles is 1. The predicted molar refractivity (Wildman–Crippen MR) is 142 cm³/mol. The Balaban J connectivity index is 1.72. The number of aryl methyl sites for hydroxylation is 1. The summed E-state index contributed by atoms with van der Waals surface area (Å²) in [6, 6.07) is 17.3. The van der Waals surface area contributed by atoms with E-state index in [4.69, 9.17) is 0 Å². The number of phenols is 1. The second-order valence-corrected chi connectivity index (χ2v) is 9.59. The third-order valence-electron chi connectivity index (χ3n) is 6.91. The molecule has 3 aromatic carbocycles. The molecule has 1 atom stereocenters. The van der Waals surface area contributed by atoms with Gasteiger partial charge in [0.2, 0.25) is 0 Å². The number of halogens is 1. The number of nitrogens with one attached hydrogen (secondary N) is 1. The number of nitrogens with zero attached hydrogens (tertiary/aromatic N) is 3. The fourth-order valence-corrected chi connectivity index (χ4v) is 5.08. The minimum atomic E-state index is -0.385. The molecule has 0 radical (unpaired) electrons. The van der Waals surface area contributed by atoms with Crippen molar-refractivity contribution in [2.24, 2.45) is 0 Å². The van der Waals surface area contributed by atoms with E-state index in [1.165, 1.54) is 12.1 Å². The van der Waals surface area contributed by atoms with Crippen LogP contribution >= 0.6 is 0 Å². The van der Waals surface area contributed by atoms with E-state index in [1.807, 2.05) is 25.1 Å². The molecule has 4 aromatic rings. The first-order valence-electron chi connectivity index (χ1n) is 12.3. The Bertz CT molecular complexity index is 1530. The van der Waals surface area contributed by atoms with Crippen LogP contribution in [-0.4, -0.2) is 47.1 Å². The van der Waals surface area contributed by atoms with Gasteiger partial charge in [-0.05, 0) is 73.3 Å². The van der Waals surface area contributed by atoms with Crippen LogP contribution < -0.4 is 5.32 Å². The van der Waals surface area contributed by atoms with Gasteiger partial charge in [-0.3, -0.25) is 9.78 Å². The first-order valence-corrected chi connectivity index (χ1v) is 12.3. The van der Waals surface area contributed by atoms with E-state index < -0.39 is 0 Å². The van der Waals surface area contributed by atoms with Gasteiger partial charge in [0.05, 0.1) is 16.6 Å². The minimum Gasteiger partial charge on any atom is -0.506 e. The van der Waals surface area contributed by atoms with Crippen LogP contribution in [0, 0.1) is 24.1 Å². The van der Waals surface area contributed by atoms with Gasteiger partial charge >= 0.3 is 0 Å². The molecule has 37 heavy (non-hydrogen) atoms. The molecule has 2 N–H and O–H groups in total. The van der Waals surface area contributed by atoms with Crippen molar-refractivity contribution in [1.29, 1.82) is 5.26 Å². The number of pyridine rings is 1. The first kappa shape index (κ1) is 24.4. The molecular formula is C30H27FN4O2. The Hall–Kier alpha value is -4.28. The fourth-order valence-electron chi connectivity index (χ4n) is 5.08. The van der Waals surface area contributed by atoms with E-state index in [-0.39, 0.29) is 29.1 Å². The molecule has 5 rings (SSSR count). The summed E-state index contributed by atoms with van der Waals surface area (Å²) in [4.78, 5) is 20.3. The van der Waals surface area contributed by atoms with Crippen LogP contribution in [-0.2, 0) is 0 Å². The van der Waals surface area contributed by atoms with E-state index in [2.05, 4.69) is 10.3 Å². The summed E-state index contributed by atoms with van der Waals surface area (Å²) in [6.45, 7) is 3.30. The summed E-state index contributed by atoms with van der Waals surface area (Å²) in [5, 5.41) is 24.1. The highest BCUT2D eigenvalue weighted by Gasteiger charge is 2.25. The molecule has 0 unspecified atom stereocenters. The number of likely N-dealkylation sites (N-methyl/N-ethyl adjacent to an activating group) is 1. The number of phenolic OH excluding ortho intramolecular Hbond substituents is 1. The summed E-state index contributed by atoms with van der Waals surface area (Å²) in [5.74, 6) is -0.694. The third-order valence-corrected chi connectivity index (χ3v) is 6.91. The Morgan fingerprint density at radius 2 is 2.03 bits per heavy atom. The number of benzene rings is 3. The maximum absolute atomic E-state index is 14.4. The molecule has 1 amide bonds. The van der Waals surface area contributed by atoms with Gasteiger partial charge in [0.1, 0.15) is 17.6 Å². The molecule has 0 aliphatic carbocycles. The van der Waals surface area contributed by atoms with E-state index >= 15 is 0 Å². The lowest BCUT2D eigenvalue weighted by Gasteiger charge is -2.24. The Morgan fingerprint density at radius 3 is 2.76 bits per heavy atom. The van der Waals surface area contributed by atoms with Crippen LogP contribution in [0.25, 0.3) is 33.2 Å². The maximum Gasteiger partial charge on any atom is 0.255 e. The van der Waals surface area contributed by atoms with Crippen molar-refractivity contribution in [2.75, 3.05) is 20.1 Å². The van der Waals surface area contributed by atoms with E-state index in [0.717, 1.165) is 24.9 Å². The van der Waals surface area contributed by atoms with Crippen molar-refractivity contribution in [2.45, 2.75) is 25.8 Å². The fraction of sp³-hybridized carbons (Fsp3) is 0.233. The van der Waals surface area contributed by atoms with Crippen LogP contribution in [0.15, 0.2) is 60.8 Å². The molecular weight excluding hydrogens is 467 g/mol. The monoisotopic (exact) mass is 494 g/mol. The normalized spacial score (nSPS) is 15.0. The standard InChI is InChI=1S/C30H27FN4O2/c1-18-11-21(13-22(31)12-18)26-16-34-27-9-8-19(24-7-3-5-20(15-32)29(24)36)14-25(27)28(26)30(37)35(2)17-23-6-4-10-33-23/h3,5,7-9,11-14,16,23,33,36H,4,6,10,17H2,1-2H3/t23-/m0/s1. The van der Waals surface area contributed by atoms with Gasteiger partial charge in [-0.2, -0.15) is 5.26 Å². The van der Waals surface area contributed by atoms with E-state index in [1.54, 1.807) is 48.5 Å². The number of aromatic hydroxyl groups is 1. The number of rotatable bonds is 5. The second kappa shape index (κ2) is 10.00. The largest absolute Gasteiger partial charge is 0.506 e. The van der Waals surface area contributed by atoms with E-state index in [0.29, 0.717) is 45.3 Å². The number of hydrogen-bond donors (Lipinski definition) is 2. The van der Waals surface area contributed by atoms with Crippen LogP contribution in [0.3, 0.4) is 0 Å². The lowest BCUT2D eigenvalue weighted by molar-refractivity contribution is 0.0786. The van der Waals surface area contributed by atoms with Crippen molar-refractivity contribution >= 4 is 16.8 Å². The van der Waals surface area contributed by atoms with Gasteiger partial charge in [-0.15, -0.1) is 0 Å². The molecule has 1 aliphatic rings. The number of aromatic nitrogens is 1. The first-order chi connectivity index (χ1) is 17.9. The molecule has 186 valence electrons. The molecule has 1 aliphatic heterocycles. The van der Waals surface area contributed by atoms with Gasteiger partial charge in [-0.1, -0.05) is 24.3 Å². The highest BCUT2D eigenvalue weighted by atomic mass is 19.1. The average molecular weight is 495 g/mol. The molecule has 1 aromatic heterocycles. The highest BCUT2D eigenvalue weighted by molar-refractivity contribution is 6.12. The summed E-state index contributed by atoms with van der Waals surface area (Å²) < 4.78 is 14.4. The zero-order valence-corrected chi connectivity index (χ0v) is 20.8. The molecule has 1 fully saturated rings. The summed E-state index contributed by atoms with van der Waals surface area (Å²) >= 11 is 0. The zero-order chi connectivity index (χ0) is 26.1. The molecule has 0 spiro atoms. The molecule has 1 saturated heterocycles. The van der Waals surface area contributed by atoms with Crippen molar-refractivity contribution in [3.8, 4) is 34.1 Å². The van der Waals surface area contributed by atoms with Gasteiger partial charge in [0.15, 0.2) is 0 Å². The van der Waals surface area contributed by atoms with Crippen LogP contribution in [0.4, 0.5) is 4.39 Å². The number of hydrogen-bond acceptors (Lipinski definition) is 5. The molecule has 0 bridgehead atoms.